The van der Waals surface area contributed by atoms with Crippen LogP contribution in [0.25, 0.3) is 0 Å². The number of carbonyl (C=O) groups is 1. The largest absolute Gasteiger partial charge is 0.394 e. The molecule has 1 aliphatic rings. The van der Waals surface area contributed by atoms with Gasteiger partial charge >= 0.3 is 12.2 Å². The molecule has 0 aliphatic carbocycles. The molecule has 2 rings (SSSR count). The fourth-order valence-electron chi connectivity index (χ4n) is 2.70. The van der Waals surface area contributed by atoms with Crippen molar-refractivity contribution in [2.45, 2.75) is 32.0 Å². The SMILES string of the molecule is CC1(C)[C@@H](C(F)(F)F)CCN1C(=O)Nc1ccc(F)nc1F. The first-order valence-electron chi connectivity index (χ1n) is 6.51. The van der Waals surface area contributed by atoms with Gasteiger partial charge in [-0.15, -0.1) is 0 Å². The molecule has 0 radical (unpaired) electrons. The van der Waals surface area contributed by atoms with Crippen molar-refractivity contribution >= 4 is 11.7 Å². The summed E-state index contributed by atoms with van der Waals surface area (Å²) in [4.78, 5) is 16.0. The monoisotopic (exact) mass is 323 g/mol. The van der Waals surface area contributed by atoms with E-state index in [2.05, 4.69) is 10.3 Å². The number of halogens is 5. The van der Waals surface area contributed by atoms with Crippen molar-refractivity contribution in [1.29, 1.82) is 0 Å². The van der Waals surface area contributed by atoms with Gasteiger partial charge in [0.05, 0.1) is 17.1 Å². The van der Waals surface area contributed by atoms with Gasteiger partial charge in [0.2, 0.25) is 11.9 Å². The molecular formula is C13H14F5N3O. The number of nitrogens with zero attached hydrogens (tertiary/aromatic N) is 2. The van der Waals surface area contributed by atoms with E-state index in [9.17, 15) is 26.7 Å². The number of rotatable bonds is 1. The van der Waals surface area contributed by atoms with Gasteiger partial charge in [0, 0.05) is 6.54 Å². The third kappa shape index (κ3) is 2.97. The fraction of sp³-hybridized carbons (Fsp3) is 0.538. The second-order valence-electron chi connectivity index (χ2n) is 5.59. The lowest BCUT2D eigenvalue weighted by atomic mass is 9.88. The Morgan fingerprint density at radius 2 is 2.00 bits per heavy atom. The fourth-order valence-corrected chi connectivity index (χ4v) is 2.70. The number of amides is 2. The maximum atomic E-state index is 13.4. The van der Waals surface area contributed by atoms with Gasteiger partial charge < -0.3 is 10.2 Å². The molecule has 0 saturated carbocycles. The molecule has 2 amide bonds. The van der Waals surface area contributed by atoms with Crippen LogP contribution in [0.2, 0.25) is 0 Å². The van der Waals surface area contributed by atoms with Crippen molar-refractivity contribution in [1.82, 2.24) is 9.88 Å². The molecule has 1 aromatic rings. The van der Waals surface area contributed by atoms with Gasteiger partial charge in [0.15, 0.2) is 0 Å². The lowest BCUT2D eigenvalue weighted by Gasteiger charge is -2.36. The molecule has 1 atom stereocenters. The molecule has 1 aliphatic heterocycles. The Hall–Kier alpha value is -1.93. The minimum atomic E-state index is -4.43. The van der Waals surface area contributed by atoms with Crippen molar-refractivity contribution in [3.63, 3.8) is 0 Å². The van der Waals surface area contributed by atoms with Crippen LogP contribution in [-0.4, -0.2) is 34.2 Å². The average molecular weight is 323 g/mol. The van der Waals surface area contributed by atoms with E-state index in [0.29, 0.717) is 0 Å². The van der Waals surface area contributed by atoms with Crippen LogP contribution in [0.4, 0.5) is 32.4 Å². The molecular weight excluding hydrogens is 309 g/mol. The second kappa shape index (κ2) is 5.36. The predicted molar refractivity (Wildman–Crippen MR) is 68.1 cm³/mol. The number of aromatic nitrogens is 1. The van der Waals surface area contributed by atoms with Crippen LogP contribution < -0.4 is 5.32 Å². The van der Waals surface area contributed by atoms with E-state index >= 15 is 0 Å². The van der Waals surface area contributed by atoms with E-state index < -0.39 is 41.2 Å². The van der Waals surface area contributed by atoms with Crippen LogP contribution in [0.5, 0.6) is 0 Å². The van der Waals surface area contributed by atoms with E-state index in [0.717, 1.165) is 17.0 Å². The summed E-state index contributed by atoms with van der Waals surface area (Å²) in [5.74, 6) is -3.96. The van der Waals surface area contributed by atoms with Gasteiger partial charge in [0.1, 0.15) is 0 Å². The van der Waals surface area contributed by atoms with Gasteiger partial charge in [-0.3, -0.25) is 0 Å². The van der Waals surface area contributed by atoms with E-state index in [1.54, 1.807) is 0 Å². The quantitative estimate of drug-likeness (QED) is 0.634. The third-order valence-electron chi connectivity index (χ3n) is 3.89. The maximum Gasteiger partial charge on any atom is 0.394 e. The normalized spacial score (nSPS) is 21.0. The Labute approximate surface area is 123 Å². The van der Waals surface area contributed by atoms with Crippen LogP contribution in [0, 0.1) is 17.8 Å². The summed E-state index contributed by atoms with van der Waals surface area (Å²) in [5, 5.41) is 2.12. The smallest absolute Gasteiger partial charge is 0.319 e. The molecule has 0 spiro atoms. The lowest BCUT2D eigenvalue weighted by Crippen LogP contribution is -2.51. The van der Waals surface area contributed by atoms with Crippen LogP contribution in [0.15, 0.2) is 12.1 Å². The Morgan fingerprint density at radius 1 is 1.36 bits per heavy atom. The molecule has 1 aromatic heterocycles. The van der Waals surface area contributed by atoms with Crippen molar-refractivity contribution in [2.24, 2.45) is 5.92 Å². The highest BCUT2D eigenvalue weighted by Gasteiger charge is 2.56. The van der Waals surface area contributed by atoms with Gasteiger partial charge in [0.25, 0.3) is 0 Å². The highest BCUT2D eigenvalue weighted by molar-refractivity contribution is 5.90. The molecule has 0 unspecified atom stereocenters. The van der Waals surface area contributed by atoms with Crippen LogP contribution in [-0.2, 0) is 0 Å². The van der Waals surface area contributed by atoms with Crippen molar-refractivity contribution < 1.29 is 26.7 Å². The number of anilines is 1. The number of likely N-dealkylation sites (tertiary alicyclic amines) is 1. The molecule has 0 aromatic carbocycles. The minimum absolute atomic E-state index is 0.112. The molecule has 1 fully saturated rings. The van der Waals surface area contributed by atoms with E-state index in [1.807, 2.05) is 0 Å². The number of hydrogen-bond donors (Lipinski definition) is 1. The van der Waals surface area contributed by atoms with Gasteiger partial charge in [-0.1, -0.05) is 0 Å². The van der Waals surface area contributed by atoms with Gasteiger partial charge in [-0.05, 0) is 32.4 Å². The Balaban J connectivity index is 2.17. The summed E-state index contributed by atoms with van der Waals surface area (Å²) in [6.07, 6.45) is -4.66. The molecule has 0 bridgehead atoms. The van der Waals surface area contributed by atoms with Crippen molar-refractivity contribution in [3.05, 3.63) is 24.0 Å². The number of alkyl halides is 3. The van der Waals surface area contributed by atoms with E-state index in [-0.39, 0.29) is 13.0 Å². The third-order valence-corrected chi connectivity index (χ3v) is 3.89. The van der Waals surface area contributed by atoms with Crippen molar-refractivity contribution in [3.8, 4) is 0 Å². The summed E-state index contributed by atoms with van der Waals surface area (Å²) in [7, 11) is 0. The summed E-state index contributed by atoms with van der Waals surface area (Å²) < 4.78 is 65.0. The van der Waals surface area contributed by atoms with Gasteiger partial charge in [-0.2, -0.15) is 26.9 Å². The molecule has 4 nitrogen and oxygen atoms in total. The Kier molecular flexibility index (Phi) is 4.01. The molecule has 22 heavy (non-hydrogen) atoms. The van der Waals surface area contributed by atoms with Crippen LogP contribution in [0.1, 0.15) is 20.3 Å². The maximum absolute atomic E-state index is 13.4. The Bertz CT molecular complexity index is 588. The standard InChI is InChI=1S/C13H14F5N3O/c1-12(2)8(13(16,17)18)5-6-21(12)11(22)19-7-3-4-9(14)20-10(7)15/h3-4,8H,5-6H2,1-2H3,(H,19,22)/t8-/m0/s1. The molecule has 1 saturated heterocycles. The molecule has 122 valence electrons. The zero-order valence-corrected chi connectivity index (χ0v) is 11.8. The predicted octanol–water partition coefficient (Wildman–Crippen LogP) is 3.55. The summed E-state index contributed by atoms with van der Waals surface area (Å²) in [5.41, 5.74) is -1.86. The zero-order chi connectivity index (χ0) is 16.7. The van der Waals surface area contributed by atoms with Gasteiger partial charge in [-0.25, -0.2) is 4.79 Å². The first-order valence-corrected chi connectivity index (χ1v) is 6.51. The zero-order valence-electron chi connectivity index (χ0n) is 11.8. The van der Waals surface area contributed by atoms with E-state index in [4.69, 9.17) is 0 Å². The topological polar surface area (TPSA) is 45.2 Å². The average Bonchev–Trinajstić information content (AvgIpc) is 2.67. The summed E-state index contributed by atoms with van der Waals surface area (Å²) in [6.45, 7) is 2.49. The van der Waals surface area contributed by atoms with E-state index in [1.165, 1.54) is 13.8 Å². The minimum Gasteiger partial charge on any atom is -0.319 e. The summed E-state index contributed by atoms with van der Waals surface area (Å²) in [6, 6.07) is 0.913. The lowest BCUT2D eigenvalue weighted by molar-refractivity contribution is -0.189. The first-order chi connectivity index (χ1) is 10.0. The van der Waals surface area contributed by atoms with Crippen LogP contribution in [0.3, 0.4) is 0 Å². The first kappa shape index (κ1) is 16.4. The number of carbonyl (C=O) groups excluding carboxylic acids is 1. The number of urea groups is 1. The molecule has 9 heteroatoms. The molecule has 2 heterocycles. The highest BCUT2D eigenvalue weighted by atomic mass is 19.4. The molecule has 1 N–H and O–H groups in total. The van der Waals surface area contributed by atoms with Crippen molar-refractivity contribution in [2.75, 3.05) is 11.9 Å². The number of nitrogens with one attached hydrogen (secondary N) is 1. The highest BCUT2D eigenvalue weighted by Crippen LogP contribution is 2.44. The summed E-state index contributed by atoms with van der Waals surface area (Å²) >= 11 is 0. The Morgan fingerprint density at radius 3 is 2.50 bits per heavy atom. The van der Waals surface area contributed by atoms with Crippen LogP contribution >= 0.6 is 0 Å². The number of pyridine rings is 1. The number of hydrogen-bond acceptors (Lipinski definition) is 2. The second-order valence-corrected chi connectivity index (χ2v) is 5.59.